The number of aromatic nitrogens is 3. The Balaban J connectivity index is 1.44. The Hall–Kier alpha value is -3.33. The van der Waals surface area contributed by atoms with Gasteiger partial charge in [-0.3, -0.25) is 9.69 Å². The average molecular weight is 425 g/mol. The van der Waals surface area contributed by atoms with Crippen LogP contribution in [0, 0.1) is 6.92 Å². The summed E-state index contributed by atoms with van der Waals surface area (Å²) in [6, 6.07) is 6.63. The molecule has 0 saturated heterocycles. The first kappa shape index (κ1) is 20.9. The molecule has 9 heteroatoms. The molecule has 4 rings (SSSR count). The summed E-state index contributed by atoms with van der Waals surface area (Å²) in [5.41, 5.74) is 1.35. The van der Waals surface area contributed by atoms with E-state index in [1.165, 1.54) is 6.26 Å². The zero-order valence-corrected chi connectivity index (χ0v) is 18.0. The molecule has 3 aromatic rings. The fourth-order valence-electron chi connectivity index (χ4n) is 3.88. The molecule has 9 nitrogen and oxygen atoms in total. The van der Waals surface area contributed by atoms with Gasteiger partial charge in [-0.15, -0.1) is 10.2 Å². The van der Waals surface area contributed by atoms with Gasteiger partial charge in [-0.05, 0) is 38.1 Å². The smallest absolute Gasteiger partial charge is 0.255 e. The van der Waals surface area contributed by atoms with Crippen LogP contribution in [-0.4, -0.2) is 50.9 Å². The van der Waals surface area contributed by atoms with E-state index < -0.39 is 0 Å². The number of carbonyl (C=O) groups excluding carboxylic acids is 1. The molecule has 2 aromatic heterocycles. The first-order chi connectivity index (χ1) is 15.0. The third-order valence-electron chi connectivity index (χ3n) is 5.67. The van der Waals surface area contributed by atoms with Crippen LogP contribution in [0.25, 0.3) is 0 Å². The highest BCUT2D eigenvalue weighted by Crippen LogP contribution is 2.25. The van der Waals surface area contributed by atoms with Crippen LogP contribution >= 0.6 is 0 Å². The van der Waals surface area contributed by atoms with E-state index in [1.807, 2.05) is 13.0 Å². The molecular weight excluding hydrogens is 398 g/mol. The molecule has 0 saturated carbocycles. The second kappa shape index (κ2) is 8.81. The number of amides is 1. The molecule has 1 aliphatic heterocycles. The molecule has 1 aliphatic rings. The Labute approximate surface area is 180 Å². The van der Waals surface area contributed by atoms with Crippen molar-refractivity contribution >= 4 is 5.91 Å². The van der Waals surface area contributed by atoms with Gasteiger partial charge in [-0.1, -0.05) is 0 Å². The van der Waals surface area contributed by atoms with Crippen LogP contribution in [0.3, 0.4) is 0 Å². The summed E-state index contributed by atoms with van der Waals surface area (Å²) in [6.45, 7) is 6.55. The van der Waals surface area contributed by atoms with Gasteiger partial charge in [-0.2, -0.15) is 0 Å². The van der Waals surface area contributed by atoms with Crippen LogP contribution in [-0.2, 0) is 19.5 Å². The highest BCUT2D eigenvalue weighted by Gasteiger charge is 2.24. The monoisotopic (exact) mass is 425 g/mol. The van der Waals surface area contributed by atoms with Crippen molar-refractivity contribution in [1.82, 2.24) is 25.0 Å². The molecule has 0 aliphatic carbocycles. The van der Waals surface area contributed by atoms with Gasteiger partial charge in [0.15, 0.2) is 5.82 Å². The topological polar surface area (TPSA) is 106 Å². The summed E-state index contributed by atoms with van der Waals surface area (Å²) in [7, 11) is 1.61. The number of aromatic hydroxyl groups is 1. The molecule has 0 unspecified atom stereocenters. The number of aryl methyl sites for hydroxylation is 1. The Morgan fingerprint density at radius 2 is 2.13 bits per heavy atom. The number of phenolic OH excluding ortho intramolecular Hbond substituents is 1. The number of ether oxygens (including phenoxy) is 1. The molecule has 1 atom stereocenters. The summed E-state index contributed by atoms with van der Waals surface area (Å²) in [5, 5.41) is 21.9. The van der Waals surface area contributed by atoms with Gasteiger partial charge >= 0.3 is 0 Å². The molecule has 31 heavy (non-hydrogen) atoms. The normalized spacial score (nSPS) is 15.2. The highest BCUT2D eigenvalue weighted by atomic mass is 16.5. The van der Waals surface area contributed by atoms with Crippen molar-refractivity contribution in [2.75, 3.05) is 20.2 Å². The SMILES string of the molecule is COc1ccc(O)c(CN2CCc3nnc([C@@H](C)NC(=O)c4ccoc4C)n3CC2)c1. The Kier molecular flexibility index (Phi) is 5.94. The molecule has 0 bridgehead atoms. The molecule has 0 radical (unpaired) electrons. The number of rotatable bonds is 6. The van der Waals surface area contributed by atoms with Crippen molar-refractivity contribution < 1.29 is 19.1 Å². The second-order valence-electron chi connectivity index (χ2n) is 7.73. The Morgan fingerprint density at radius 1 is 1.29 bits per heavy atom. The zero-order chi connectivity index (χ0) is 22.0. The van der Waals surface area contributed by atoms with Crippen molar-refractivity contribution in [3.63, 3.8) is 0 Å². The number of carbonyl (C=O) groups is 1. The Bertz CT molecular complexity index is 1070. The number of phenols is 1. The minimum Gasteiger partial charge on any atom is -0.508 e. The van der Waals surface area contributed by atoms with E-state index in [-0.39, 0.29) is 17.7 Å². The van der Waals surface area contributed by atoms with Crippen molar-refractivity contribution in [1.29, 1.82) is 0 Å². The molecule has 1 amide bonds. The van der Waals surface area contributed by atoms with Crippen LogP contribution in [0.15, 0.2) is 34.9 Å². The van der Waals surface area contributed by atoms with Gasteiger partial charge in [0.05, 0.1) is 25.0 Å². The summed E-state index contributed by atoms with van der Waals surface area (Å²) >= 11 is 0. The third kappa shape index (κ3) is 4.41. The standard InChI is InChI=1S/C22H27N5O4/c1-14(23-22(29)18-7-11-31-15(18)2)21-25-24-20-6-8-26(9-10-27(20)21)13-16-12-17(30-3)4-5-19(16)28/h4-5,7,11-12,14,28H,6,8-10,13H2,1-3H3,(H,23,29)/t14-/m1/s1. The average Bonchev–Trinajstić information content (AvgIpc) is 3.32. The van der Waals surface area contributed by atoms with Crippen LogP contribution < -0.4 is 10.1 Å². The van der Waals surface area contributed by atoms with Gasteiger partial charge in [0.2, 0.25) is 0 Å². The summed E-state index contributed by atoms with van der Waals surface area (Å²) in [6.07, 6.45) is 2.24. The van der Waals surface area contributed by atoms with Gasteiger partial charge in [0.1, 0.15) is 23.1 Å². The maximum absolute atomic E-state index is 12.5. The first-order valence-corrected chi connectivity index (χ1v) is 10.3. The maximum Gasteiger partial charge on any atom is 0.255 e. The Morgan fingerprint density at radius 3 is 2.87 bits per heavy atom. The maximum atomic E-state index is 12.5. The fourth-order valence-corrected chi connectivity index (χ4v) is 3.88. The quantitative estimate of drug-likeness (QED) is 0.625. The molecule has 0 spiro atoms. The largest absolute Gasteiger partial charge is 0.508 e. The minimum atomic E-state index is -0.294. The lowest BCUT2D eigenvalue weighted by Gasteiger charge is -2.21. The highest BCUT2D eigenvalue weighted by molar-refractivity contribution is 5.95. The van der Waals surface area contributed by atoms with E-state index in [9.17, 15) is 9.90 Å². The van der Waals surface area contributed by atoms with Crippen LogP contribution in [0.4, 0.5) is 0 Å². The number of hydrogen-bond acceptors (Lipinski definition) is 7. The van der Waals surface area contributed by atoms with Gasteiger partial charge in [-0.25, -0.2) is 0 Å². The zero-order valence-electron chi connectivity index (χ0n) is 18.0. The summed E-state index contributed by atoms with van der Waals surface area (Å²) in [5.74, 6) is 3.00. The van der Waals surface area contributed by atoms with Crippen LogP contribution in [0.2, 0.25) is 0 Å². The molecule has 164 valence electrons. The number of fused-ring (bicyclic) bond motifs is 1. The second-order valence-corrected chi connectivity index (χ2v) is 7.73. The van der Waals surface area contributed by atoms with E-state index >= 15 is 0 Å². The number of furan rings is 1. The summed E-state index contributed by atoms with van der Waals surface area (Å²) in [4.78, 5) is 14.8. The number of benzene rings is 1. The van der Waals surface area contributed by atoms with Crippen molar-refractivity contribution in [2.24, 2.45) is 0 Å². The third-order valence-corrected chi connectivity index (χ3v) is 5.67. The first-order valence-electron chi connectivity index (χ1n) is 10.3. The number of methoxy groups -OCH3 is 1. The van der Waals surface area contributed by atoms with E-state index in [4.69, 9.17) is 9.15 Å². The predicted octanol–water partition coefficient (Wildman–Crippen LogP) is 2.44. The van der Waals surface area contributed by atoms with Crippen LogP contribution in [0.1, 0.15) is 46.3 Å². The van der Waals surface area contributed by atoms with Crippen molar-refractivity contribution in [2.45, 2.75) is 39.4 Å². The molecule has 1 aromatic carbocycles. The van der Waals surface area contributed by atoms with Crippen molar-refractivity contribution in [3.05, 3.63) is 59.1 Å². The number of hydrogen-bond donors (Lipinski definition) is 2. The number of nitrogens with zero attached hydrogens (tertiary/aromatic N) is 4. The predicted molar refractivity (Wildman–Crippen MR) is 113 cm³/mol. The van der Waals surface area contributed by atoms with E-state index in [1.54, 1.807) is 32.2 Å². The van der Waals surface area contributed by atoms with Crippen LogP contribution in [0.5, 0.6) is 11.5 Å². The molecule has 3 heterocycles. The lowest BCUT2D eigenvalue weighted by atomic mass is 10.1. The summed E-state index contributed by atoms with van der Waals surface area (Å²) < 4.78 is 12.6. The minimum absolute atomic E-state index is 0.195. The van der Waals surface area contributed by atoms with Gasteiger partial charge in [0.25, 0.3) is 5.91 Å². The van der Waals surface area contributed by atoms with E-state index in [2.05, 4.69) is 25.0 Å². The van der Waals surface area contributed by atoms with E-state index in [0.717, 1.165) is 42.5 Å². The lowest BCUT2D eigenvalue weighted by molar-refractivity contribution is 0.0936. The fraction of sp³-hybridized carbons (Fsp3) is 0.409. The van der Waals surface area contributed by atoms with Gasteiger partial charge in [0, 0.05) is 38.2 Å². The molecule has 2 N–H and O–H groups in total. The van der Waals surface area contributed by atoms with E-state index in [0.29, 0.717) is 24.4 Å². The molecular formula is C22H27N5O4. The van der Waals surface area contributed by atoms with Gasteiger partial charge < -0.3 is 24.1 Å². The van der Waals surface area contributed by atoms with Crippen molar-refractivity contribution in [3.8, 4) is 11.5 Å². The lowest BCUT2D eigenvalue weighted by Crippen LogP contribution is -2.30. The number of nitrogens with one attached hydrogen (secondary N) is 1. The molecule has 0 fully saturated rings.